The molecule has 0 spiro atoms. The van der Waals surface area contributed by atoms with Crippen LogP contribution in [0.25, 0.3) is 0 Å². The number of anilines is 1. The van der Waals surface area contributed by atoms with Crippen LogP contribution in [0.4, 0.5) is 5.95 Å². The third kappa shape index (κ3) is 2.62. The first kappa shape index (κ1) is 11.6. The average Bonchev–Trinajstić information content (AvgIpc) is 2.98. The molecule has 1 unspecified atom stereocenters. The third-order valence-corrected chi connectivity index (χ3v) is 2.56. The largest absolute Gasteiger partial charge is 0.348 e. The summed E-state index contributed by atoms with van der Waals surface area (Å²) in [6, 6.07) is -0.318. The highest BCUT2D eigenvalue weighted by Crippen LogP contribution is 2.15. The van der Waals surface area contributed by atoms with Gasteiger partial charge in [-0.2, -0.15) is 4.98 Å². The number of nitrogens with one attached hydrogen (secondary N) is 1. The lowest BCUT2D eigenvalue weighted by Crippen LogP contribution is -2.18. The number of aromatic amines is 1. The molecule has 0 aliphatic carbocycles. The Morgan fingerprint density at radius 2 is 2.41 bits per heavy atom. The average molecular weight is 236 g/mol. The van der Waals surface area contributed by atoms with Crippen molar-refractivity contribution < 1.29 is 4.52 Å². The predicted octanol–water partition coefficient (Wildman–Crippen LogP) is 0.491. The Hall–Kier alpha value is -1.89. The first-order chi connectivity index (χ1) is 8.20. The number of aromatic nitrogens is 4. The highest BCUT2D eigenvalue weighted by Gasteiger charge is 2.17. The Balaban J connectivity index is 2.04. The molecular weight excluding hydrogens is 220 g/mol. The van der Waals surface area contributed by atoms with Crippen molar-refractivity contribution in [2.75, 3.05) is 18.5 Å². The van der Waals surface area contributed by atoms with E-state index >= 15 is 0 Å². The molecule has 92 valence electrons. The van der Waals surface area contributed by atoms with Crippen LogP contribution in [0, 0.1) is 0 Å². The lowest BCUT2D eigenvalue weighted by molar-refractivity contribution is 0.353. The zero-order valence-corrected chi connectivity index (χ0v) is 9.92. The molecule has 0 saturated heterocycles. The quantitative estimate of drug-likeness (QED) is 0.784. The van der Waals surface area contributed by atoms with Crippen LogP contribution in [0.2, 0.25) is 0 Å². The van der Waals surface area contributed by atoms with Crippen molar-refractivity contribution in [3.8, 4) is 0 Å². The summed E-state index contributed by atoms with van der Waals surface area (Å²) in [7, 11) is 1.90. The van der Waals surface area contributed by atoms with Gasteiger partial charge in [-0.05, 0) is 12.1 Å². The van der Waals surface area contributed by atoms with Crippen molar-refractivity contribution in [3.05, 3.63) is 24.1 Å². The molecule has 0 aromatic carbocycles. The number of H-pyrrole nitrogens is 1. The van der Waals surface area contributed by atoms with Gasteiger partial charge in [0.2, 0.25) is 5.89 Å². The maximum absolute atomic E-state index is 5.98. The van der Waals surface area contributed by atoms with Crippen molar-refractivity contribution in [3.63, 3.8) is 0 Å². The van der Waals surface area contributed by atoms with Gasteiger partial charge in [0, 0.05) is 31.9 Å². The first-order valence-electron chi connectivity index (χ1n) is 5.48. The van der Waals surface area contributed by atoms with E-state index in [0.717, 1.165) is 12.2 Å². The molecule has 0 aliphatic rings. The molecule has 0 bridgehead atoms. The Morgan fingerprint density at radius 1 is 1.59 bits per heavy atom. The van der Waals surface area contributed by atoms with Gasteiger partial charge in [0.05, 0.1) is 12.4 Å². The number of rotatable bonds is 5. The zero-order chi connectivity index (χ0) is 12.3. The van der Waals surface area contributed by atoms with Gasteiger partial charge < -0.3 is 20.1 Å². The Kier molecular flexibility index (Phi) is 3.38. The van der Waals surface area contributed by atoms with Crippen LogP contribution in [0.1, 0.15) is 24.6 Å². The molecule has 2 rings (SSSR count). The second kappa shape index (κ2) is 4.96. The standard InChI is InChI=1S/C10H16N6O/c1-3-16(2)10-14-9(17-15-10)8(11)4-7-5-12-6-13-7/h5-6,8H,3-4,11H2,1-2H3,(H,12,13). The number of nitrogens with zero attached hydrogens (tertiary/aromatic N) is 4. The molecule has 2 aromatic rings. The smallest absolute Gasteiger partial charge is 0.265 e. The van der Waals surface area contributed by atoms with Crippen molar-refractivity contribution in [1.82, 2.24) is 20.1 Å². The summed E-state index contributed by atoms with van der Waals surface area (Å²) < 4.78 is 5.14. The van der Waals surface area contributed by atoms with Crippen LogP contribution in [0.3, 0.4) is 0 Å². The zero-order valence-electron chi connectivity index (χ0n) is 9.92. The summed E-state index contributed by atoms with van der Waals surface area (Å²) in [5.41, 5.74) is 6.92. The van der Waals surface area contributed by atoms with Gasteiger partial charge in [-0.15, -0.1) is 0 Å². The highest BCUT2D eigenvalue weighted by molar-refractivity contribution is 5.25. The van der Waals surface area contributed by atoms with Gasteiger partial charge in [-0.1, -0.05) is 0 Å². The van der Waals surface area contributed by atoms with Gasteiger partial charge in [-0.25, -0.2) is 4.98 Å². The van der Waals surface area contributed by atoms with Crippen molar-refractivity contribution >= 4 is 5.95 Å². The van der Waals surface area contributed by atoms with Crippen LogP contribution in [-0.4, -0.2) is 33.7 Å². The Bertz CT molecular complexity index is 451. The lowest BCUT2D eigenvalue weighted by atomic mass is 10.2. The van der Waals surface area contributed by atoms with Crippen molar-refractivity contribution in [2.45, 2.75) is 19.4 Å². The first-order valence-corrected chi connectivity index (χ1v) is 5.48. The van der Waals surface area contributed by atoms with Gasteiger partial charge in [0.25, 0.3) is 5.95 Å². The topological polar surface area (TPSA) is 96.9 Å². The molecule has 0 saturated carbocycles. The van der Waals surface area contributed by atoms with Crippen molar-refractivity contribution in [2.24, 2.45) is 5.73 Å². The molecule has 0 fully saturated rings. The van der Waals surface area contributed by atoms with Crippen LogP contribution in [0.5, 0.6) is 0 Å². The fourth-order valence-electron chi connectivity index (χ4n) is 1.39. The monoisotopic (exact) mass is 236 g/mol. The van der Waals surface area contributed by atoms with E-state index in [9.17, 15) is 0 Å². The summed E-state index contributed by atoms with van der Waals surface area (Å²) >= 11 is 0. The maximum Gasteiger partial charge on any atom is 0.265 e. The molecule has 2 aromatic heterocycles. The van der Waals surface area contributed by atoms with Gasteiger partial charge >= 0.3 is 0 Å². The summed E-state index contributed by atoms with van der Waals surface area (Å²) in [5, 5.41) is 3.87. The van der Waals surface area contributed by atoms with Gasteiger partial charge in [-0.3, -0.25) is 0 Å². The fourth-order valence-corrected chi connectivity index (χ4v) is 1.39. The molecular formula is C10H16N6O. The predicted molar refractivity (Wildman–Crippen MR) is 62.5 cm³/mol. The molecule has 0 radical (unpaired) electrons. The van der Waals surface area contributed by atoms with E-state index in [-0.39, 0.29) is 6.04 Å². The third-order valence-electron chi connectivity index (χ3n) is 2.56. The fraction of sp³-hybridized carbons (Fsp3) is 0.500. The summed E-state index contributed by atoms with van der Waals surface area (Å²) in [6.45, 7) is 2.83. The van der Waals surface area contributed by atoms with E-state index in [4.69, 9.17) is 10.3 Å². The van der Waals surface area contributed by atoms with Gasteiger partial charge in [0.15, 0.2) is 0 Å². The van der Waals surface area contributed by atoms with E-state index in [1.54, 1.807) is 12.5 Å². The molecule has 1 atom stereocenters. The van der Waals surface area contributed by atoms with Crippen LogP contribution >= 0.6 is 0 Å². The summed E-state index contributed by atoms with van der Waals surface area (Å²) in [4.78, 5) is 13.1. The van der Waals surface area contributed by atoms with E-state index in [1.807, 2.05) is 18.9 Å². The van der Waals surface area contributed by atoms with E-state index < -0.39 is 0 Å². The van der Waals surface area contributed by atoms with Crippen LogP contribution in [0.15, 0.2) is 17.0 Å². The Labute approximate surface area is 99.0 Å². The Morgan fingerprint density at radius 3 is 3.06 bits per heavy atom. The van der Waals surface area contributed by atoms with E-state index in [0.29, 0.717) is 18.3 Å². The minimum absolute atomic E-state index is 0.318. The van der Waals surface area contributed by atoms with E-state index in [2.05, 4.69) is 20.1 Å². The second-order valence-electron chi connectivity index (χ2n) is 3.83. The minimum Gasteiger partial charge on any atom is -0.348 e. The molecule has 0 amide bonds. The molecule has 3 N–H and O–H groups in total. The van der Waals surface area contributed by atoms with E-state index in [1.165, 1.54) is 0 Å². The van der Waals surface area contributed by atoms with Crippen LogP contribution in [-0.2, 0) is 6.42 Å². The minimum atomic E-state index is -0.318. The SMILES string of the molecule is CCN(C)c1noc(C(N)Cc2cnc[nH]2)n1. The second-order valence-corrected chi connectivity index (χ2v) is 3.83. The number of hydrogen-bond acceptors (Lipinski definition) is 6. The molecule has 0 aliphatic heterocycles. The number of imidazole rings is 1. The van der Waals surface area contributed by atoms with Crippen LogP contribution < -0.4 is 10.6 Å². The molecule has 2 heterocycles. The highest BCUT2D eigenvalue weighted by atomic mass is 16.5. The van der Waals surface area contributed by atoms with Gasteiger partial charge in [0.1, 0.15) is 0 Å². The molecule has 7 heteroatoms. The van der Waals surface area contributed by atoms with Crippen molar-refractivity contribution in [1.29, 1.82) is 0 Å². The summed E-state index contributed by atoms with van der Waals surface area (Å²) in [6.07, 6.45) is 3.94. The normalized spacial score (nSPS) is 12.6. The maximum atomic E-state index is 5.98. The summed E-state index contributed by atoms with van der Waals surface area (Å²) in [5.74, 6) is 0.998. The molecule has 17 heavy (non-hydrogen) atoms. The lowest BCUT2D eigenvalue weighted by Gasteiger charge is -2.09. The molecule has 7 nitrogen and oxygen atoms in total. The number of hydrogen-bond donors (Lipinski definition) is 2. The number of nitrogens with two attached hydrogens (primary N) is 1.